The molecule has 2 aromatic carbocycles. The van der Waals surface area contributed by atoms with Crippen LogP contribution in [-0.2, 0) is 6.54 Å². The summed E-state index contributed by atoms with van der Waals surface area (Å²) in [5.41, 5.74) is 3.15. The van der Waals surface area contributed by atoms with Crippen LogP contribution in [0.5, 0.6) is 0 Å². The smallest absolute Gasteiger partial charge is 0.257 e. The zero-order chi connectivity index (χ0) is 22.1. The molecule has 0 radical (unpaired) electrons. The molecule has 0 saturated heterocycles. The van der Waals surface area contributed by atoms with Crippen LogP contribution in [-0.4, -0.2) is 20.9 Å². The number of aromatic amines is 1. The summed E-state index contributed by atoms with van der Waals surface area (Å²) in [6, 6.07) is 17.1. The number of halogens is 2. The lowest BCUT2D eigenvalue weighted by Crippen LogP contribution is -2.13. The Hall–Kier alpha value is -3.97. The Balaban J connectivity index is 1.37. The lowest BCUT2D eigenvalue weighted by molar-refractivity contribution is 0.102. The number of fused-ring (bicyclic) bond motifs is 3. The molecule has 3 heterocycles. The number of anilines is 2. The highest BCUT2D eigenvalue weighted by Crippen LogP contribution is 2.29. The molecule has 6 nitrogen and oxygen atoms in total. The molecule has 1 amide bonds. The predicted molar refractivity (Wildman–Crippen MR) is 125 cm³/mol. The Morgan fingerprint density at radius 2 is 1.94 bits per heavy atom. The number of carbonyl (C=O) groups is 1. The van der Waals surface area contributed by atoms with Crippen molar-refractivity contribution in [2.45, 2.75) is 6.54 Å². The van der Waals surface area contributed by atoms with Crippen LogP contribution in [0.3, 0.4) is 0 Å². The van der Waals surface area contributed by atoms with Crippen LogP contribution in [0.2, 0.25) is 5.02 Å². The highest BCUT2D eigenvalue weighted by atomic mass is 35.5. The molecule has 3 N–H and O–H groups in total. The van der Waals surface area contributed by atoms with Crippen LogP contribution in [0.15, 0.2) is 73.1 Å². The van der Waals surface area contributed by atoms with Crippen molar-refractivity contribution in [1.82, 2.24) is 15.0 Å². The second-order valence-corrected chi connectivity index (χ2v) is 7.63. The summed E-state index contributed by atoms with van der Waals surface area (Å²) in [4.78, 5) is 24.7. The van der Waals surface area contributed by atoms with Crippen molar-refractivity contribution >= 4 is 50.8 Å². The standard InChI is InChI=1S/C24H17ClFN5O/c25-20-11-16(13-29-23(20)28-12-15-4-1-2-9-27-15)30-24(32)18-6-3-5-17-19-10-14(26)7-8-21(19)31-22(17)18/h1-11,13,31H,12H2,(H,28,29)(H,30,32). The van der Waals surface area contributed by atoms with E-state index in [0.29, 0.717) is 34.2 Å². The molecule has 158 valence electrons. The molecule has 0 aliphatic rings. The summed E-state index contributed by atoms with van der Waals surface area (Å²) in [7, 11) is 0. The van der Waals surface area contributed by atoms with Gasteiger partial charge in [-0.2, -0.15) is 0 Å². The second kappa shape index (κ2) is 8.28. The summed E-state index contributed by atoms with van der Waals surface area (Å²) < 4.78 is 13.7. The first kappa shape index (κ1) is 20.0. The fourth-order valence-corrected chi connectivity index (χ4v) is 3.83. The molecule has 0 unspecified atom stereocenters. The summed E-state index contributed by atoms with van der Waals surface area (Å²) in [6.07, 6.45) is 3.25. The van der Waals surface area contributed by atoms with Crippen molar-refractivity contribution in [3.8, 4) is 0 Å². The first-order valence-electron chi connectivity index (χ1n) is 9.89. The van der Waals surface area contributed by atoms with E-state index in [1.54, 1.807) is 30.5 Å². The van der Waals surface area contributed by atoms with Gasteiger partial charge in [-0.25, -0.2) is 9.37 Å². The maximum Gasteiger partial charge on any atom is 0.257 e. The summed E-state index contributed by atoms with van der Waals surface area (Å²) >= 11 is 6.35. The van der Waals surface area contributed by atoms with E-state index < -0.39 is 0 Å². The highest BCUT2D eigenvalue weighted by molar-refractivity contribution is 6.33. The number of hydrogen-bond donors (Lipinski definition) is 3. The maximum absolute atomic E-state index is 13.7. The quantitative estimate of drug-likeness (QED) is 0.321. The zero-order valence-corrected chi connectivity index (χ0v) is 17.4. The first-order chi connectivity index (χ1) is 15.6. The molecule has 8 heteroatoms. The lowest BCUT2D eigenvalue weighted by Gasteiger charge is -2.10. The Labute approximate surface area is 187 Å². The Kier molecular flexibility index (Phi) is 5.17. The van der Waals surface area contributed by atoms with E-state index in [1.807, 2.05) is 24.3 Å². The van der Waals surface area contributed by atoms with Gasteiger partial charge in [0.2, 0.25) is 0 Å². The number of nitrogens with zero attached hydrogens (tertiary/aromatic N) is 2. The molecule has 0 fully saturated rings. The predicted octanol–water partition coefficient (Wildman–Crippen LogP) is 5.77. The van der Waals surface area contributed by atoms with E-state index in [9.17, 15) is 9.18 Å². The third-order valence-electron chi connectivity index (χ3n) is 5.10. The highest BCUT2D eigenvalue weighted by Gasteiger charge is 2.15. The van der Waals surface area contributed by atoms with Gasteiger partial charge in [-0.3, -0.25) is 9.78 Å². The minimum atomic E-state index is -0.328. The fraction of sp³-hybridized carbons (Fsp3) is 0.0417. The molecule has 0 bridgehead atoms. The van der Waals surface area contributed by atoms with Crippen LogP contribution in [0.25, 0.3) is 21.8 Å². The van der Waals surface area contributed by atoms with Gasteiger partial charge in [0.05, 0.1) is 40.2 Å². The number of aromatic nitrogens is 3. The van der Waals surface area contributed by atoms with E-state index in [1.165, 1.54) is 18.3 Å². The first-order valence-corrected chi connectivity index (χ1v) is 10.3. The van der Waals surface area contributed by atoms with Gasteiger partial charge < -0.3 is 15.6 Å². The Bertz CT molecular complexity index is 1450. The third-order valence-corrected chi connectivity index (χ3v) is 5.39. The zero-order valence-electron chi connectivity index (χ0n) is 16.7. The lowest BCUT2D eigenvalue weighted by atomic mass is 10.1. The average Bonchev–Trinajstić information content (AvgIpc) is 3.17. The minimum Gasteiger partial charge on any atom is -0.363 e. The van der Waals surface area contributed by atoms with Gasteiger partial charge in [-0.15, -0.1) is 0 Å². The number of rotatable bonds is 5. The van der Waals surface area contributed by atoms with Crippen LogP contribution in [0.1, 0.15) is 16.1 Å². The van der Waals surface area contributed by atoms with Gasteiger partial charge in [0, 0.05) is 22.5 Å². The molecule has 0 aliphatic heterocycles. The number of para-hydroxylation sites is 1. The molecule has 5 aromatic rings. The van der Waals surface area contributed by atoms with E-state index in [0.717, 1.165) is 22.0 Å². The van der Waals surface area contributed by atoms with E-state index in [4.69, 9.17) is 11.6 Å². The van der Waals surface area contributed by atoms with E-state index in [-0.39, 0.29) is 11.7 Å². The molecule has 0 saturated carbocycles. The number of pyridine rings is 2. The number of benzene rings is 2. The van der Waals surface area contributed by atoms with Crippen LogP contribution >= 0.6 is 11.6 Å². The number of amides is 1. The Morgan fingerprint density at radius 3 is 2.75 bits per heavy atom. The van der Waals surface area contributed by atoms with Gasteiger partial charge in [-0.05, 0) is 42.5 Å². The SMILES string of the molecule is O=C(Nc1cnc(NCc2ccccn2)c(Cl)c1)c1cccc2c1[nH]c1ccc(F)cc12. The molecule has 5 rings (SSSR count). The Morgan fingerprint density at radius 1 is 1.03 bits per heavy atom. The van der Waals surface area contributed by atoms with Crippen molar-refractivity contribution in [3.05, 3.63) is 95.2 Å². The molecule has 0 atom stereocenters. The normalized spacial score (nSPS) is 11.1. The maximum atomic E-state index is 13.7. The molecular formula is C24H17ClFN5O. The van der Waals surface area contributed by atoms with Gasteiger partial charge >= 0.3 is 0 Å². The van der Waals surface area contributed by atoms with Gasteiger partial charge in [0.25, 0.3) is 5.91 Å². The minimum absolute atomic E-state index is 0.324. The number of H-pyrrole nitrogens is 1. The van der Waals surface area contributed by atoms with Gasteiger partial charge in [0.15, 0.2) is 0 Å². The molecule has 0 aliphatic carbocycles. The van der Waals surface area contributed by atoms with E-state index >= 15 is 0 Å². The summed E-state index contributed by atoms with van der Waals surface area (Å²) in [5, 5.41) is 7.83. The topological polar surface area (TPSA) is 82.7 Å². The second-order valence-electron chi connectivity index (χ2n) is 7.23. The number of carbonyl (C=O) groups excluding carboxylic acids is 1. The molecule has 32 heavy (non-hydrogen) atoms. The fourth-order valence-electron chi connectivity index (χ4n) is 3.60. The van der Waals surface area contributed by atoms with Crippen molar-refractivity contribution in [3.63, 3.8) is 0 Å². The average molecular weight is 446 g/mol. The largest absolute Gasteiger partial charge is 0.363 e. The van der Waals surface area contributed by atoms with Crippen molar-refractivity contribution in [1.29, 1.82) is 0 Å². The monoisotopic (exact) mass is 445 g/mol. The van der Waals surface area contributed by atoms with Gasteiger partial charge in [-0.1, -0.05) is 29.8 Å². The number of hydrogen-bond acceptors (Lipinski definition) is 4. The van der Waals surface area contributed by atoms with Gasteiger partial charge in [0.1, 0.15) is 11.6 Å². The van der Waals surface area contributed by atoms with E-state index in [2.05, 4.69) is 25.6 Å². The van der Waals surface area contributed by atoms with Crippen molar-refractivity contribution < 1.29 is 9.18 Å². The summed E-state index contributed by atoms with van der Waals surface area (Å²) in [5.74, 6) is -0.157. The summed E-state index contributed by atoms with van der Waals surface area (Å²) in [6.45, 7) is 0.474. The van der Waals surface area contributed by atoms with Crippen LogP contribution < -0.4 is 10.6 Å². The number of nitrogens with one attached hydrogen (secondary N) is 3. The molecular weight excluding hydrogens is 429 g/mol. The third kappa shape index (κ3) is 3.86. The molecule has 0 spiro atoms. The molecule has 3 aromatic heterocycles. The van der Waals surface area contributed by atoms with Crippen LogP contribution in [0, 0.1) is 5.82 Å². The van der Waals surface area contributed by atoms with Crippen LogP contribution in [0.4, 0.5) is 15.9 Å². The van der Waals surface area contributed by atoms with Crippen molar-refractivity contribution in [2.75, 3.05) is 10.6 Å². The van der Waals surface area contributed by atoms with Crippen molar-refractivity contribution in [2.24, 2.45) is 0 Å².